The number of fused-ring (bicyclic) bond motifs is 2. The van der Waals surface area contributed by atoms with Crippen LogP contribution < -0.4 is 0 Å². The van der Waals surface area contributed by atoms with Crippen LogP contribution in [-0.4, -0.2) is 45.3 Å². The minimum Gasteiger partial charge on any atom is -0.361 e. The molecular weight excluding hydrogens is 382 g/mol. The Morgan fingerprint density at radius 2 is 2.03 bits per heavy atom. The van der Waals surface area contributed by atoms with Gasteiger partial charge in [0.15, 0.2) is 5.65 Å². The van der Waals surface area contributed by atoms with Crippen molar-refractivity contribution in [2.24, 2.45) is 7.05 Å². The molecule has 0 radical (unpaired) electrons. The summed E-state index contributed by atoms with van der Waals surface area (Å²) in [7, 11) is 0.783. The molecule has 7 nitrogen and oxygen atoms in total. The minimum absolute atomic E-state index is 0.469. The van der Waals surface area contributed by atoms with Crippen molar-refractivity contribution in [2.75, 3.05) is 6.61 Å². The van der Waals surface area contributed by atoms with Gasteiger partial charge in [0.2, 0.25) is 0 Å². The van der Waals surface area contributed by atoms with Crippen molar-refractivity contribution in [1.82, 2.24) is 24.3 Å². The van der Waals surface area contributed by atoms with Crippen LogP contribution in [0.15, 0.2) is 36.7 Å². The van der Waals surface area contributed by atoms with Crippen LogP contribution in [0.1, 0.15) is 10.4 Å². The monoisotopic (exact) mass is 407 g/mol. The van der Waals surface area contributed by atoms with E-state index in [1.54, 1.807) is 16.9 Å². The first-order valence-electron chi connectivity index (χ1n) is 9.68. The van der Waals surface area contributed by atoms with Gasteiger partial charge in [-0.05, 0) is 30.3 Å². The largest absolute Gasteiger partial charge is 0.361 e. The van der Waals surface area contributed by atoms with Gasteiger partial charge < -0.3 is 9.30 Å². The minimum atomic E-state index is -1.10. The number of hydrogen-bond donors (Lipinski definition) is 0. The molecule has 0 saturated carbocycles. The highest BCUT2D eigenvalue weighted by molar-refractivity contribution is 6.76. The van der Waals surface area contributed by atoms with Gasteiger partial charge in [0.05, 0.1) is 11.7 Å². The predicted molar refractivity (Wildman–Crippen MR) is 117 cm³/mol. The molecule has 0 aliphatic rings. The number of ether oxygens (including phenoxy) is 1. The van der Waals surface area contributed by atoms with Crippen LogP contribution in [0.3, 0.4) is 0 Å². The van der Waals surface area contributed by atoms with E-state index in [9.17, 15) is 4.79 Å². The van der Waals surface area contributed by atoms with E-state index in [0.717, 1.165) is 46.7 Å². The molecule has 1 aromatic carbocycles. The Bertz CT molecular complexity index is 1190. The highest BCUT2D eigenvalue weighted by Gasteiger charge is 2.15. The summed E-state index contributed by atoms with van der Waals surface area (Å²) in [6.45, 7) is 8.26. The van der Waals surface area contributed by atoms with E-state index >= 15 is 0 Å². The molecule has 4 rings (SSSR count). The maximum atomic E-state index is 11.2. The quantitative estimate of drug-likeness (QED) is 0.262. The smallest absolute Gasteiger partial charge is 0.160 e. The van der Waals surface area contributed by atoms with Gasteiger partial charge in [0, 0.05) is 38.9 Å². The number of benzene rings is 1. The Hall–Kier alpha value is -2.84. The fourth-order valence-electron chi connectivity index (χ4n) is 3.27. The molecular formula is C21H25N5O2Si. The first kappa shape index (κ1) is 19.5. The van der Waals surface area contributed by atoms with E-state index in [4.69, 9.17) is 9.72 Å². The summed E-state index contributed by atoms with van der Waals surface area (Å²) in [4.78, 5) is 20.5. The van der Waals surface area contributed by atoms with Gasteiger partial charge in [-0.3, -0.25) is 9.48 Å². The van der Waals surface area contributed by atoms with Crippen molar-refractivity contribution < 1.29 is 9.53 Å². The second kappa shape index (κ2) is 7.53. The Balaban J connectivity index is 1.62. The molecule has 4 aromatic rings. The summed E-state index contributed by atoms with van der Waals surface area (Å²) in [6, 6.07) is 8.61. The third-order valence-corrected chi connectivity index (χ3v) is 6.65. The maximum absolute atomic E-state index is 11.2. The van der Waals surface area contributed by atoms with Gasteiger partial charge in [0.25, 0.3) is 0 Å². The Labute approximate surface area is 170 Å². The normalized spacial score (nSPS) is 12.1. The van der Waals surface area contributed by atoms with Crippen LogP contribution in [0, 0.1) is 0 Å². The van der Waals surface area contributed by atoms with Crippen LogP contribution in [0.25, 0.3) is 33.5 Å². The third kappa shape index (κ3) is 3.99. The molecule has 3 heterocycles. The number of aryl methyl sites for hydroxylation is 1. The lowest BCUT2D eigenvalue weighted by molar-refractivity contribution is 0.0899. The molecule has 0 atom stereocenters. The summed E-state index contributed by atoms with van der Waals surface area (Å²) in [5, 5.41) is 5.49. The Kier molecular flexibility index (Phi) is 5.06. The number of carbonyl (C=O) groups excluding carboxylic acids is 1. The predicted octanol–water partition coefficient (Wildman–Crippen LogP) is 4.11. The van der Waals surface area contributed by atoms with Crippen molar-refractivity contribution >= 4 is 36.4 Å². The van der Waals surface area contributed by atoms with E-state index in [0.29, 0.717) is 18.0 Å². The summed E-state index contributed by atoms with van der Waals surface area (Å²) in [5.74, 6) is 0. The van der Waals surface area contributed by atoms with Crippen molar-refractivity contribution in [2.45, 2.75) is 32.4 Å². The van der Waals surface area contributed by atoms with E-state index < -0.39 is 8.07 Å². The van der Waals surface area contributed by atoms with Crippen LogP contribution in [-0.2, 0) is 18.5 Å². The van der Waals surface area contributed by atoms with Gasteiger partial charge in [0.1, 0.15) is 29.9 Å². The fourth-order valence-corrected chi connectivity index (χ4v) is 4.02. The van der Waals surface area contributed by atoms with Crippen LogP contribution in [0.5, 0.6) is 0 Å². The number of carbonyl (C=O) groups is 1. The first-order chi connectivity index (χ1) is 13.9. The zero-order valence-electron chi connectivity index (χ0n) is 17.2. The Morgan fingerprint density at radius 1 is 1.21 bits per heavy atom. The molecule has 150 valence electrons. The second-order valence-electron chi connectivity index (χ2n) is 8.46. The summed E-state index contributed by atoms with van der Waals surface area (Å²) in [5.41, 5.74) is 4.55. The number of nitrogens with zero attached hydrogens (tertiary/aromatic N) is 5. The Morgan fingerprint density at radius 3 is 2.79 bits per heavy atom. The molecule has 0 aliphatic carbocycles. The first-order valence-corrected chi connectivity index (χ1v) is 13.4. The lowest BCUT2D eigenvalue weighted by Gasteiger charge is -2.15. The van der Waals surface area contributed by atoms with Crippen molar-refractivity contribution in [3.05, 3.63) is 42.2 Å². The average Bonchev–Trinajstić information content (AvgIpc) is 3.24. The molecule has 0 bridgehead atoms. The third-order valence-electron chi connectivity index (χ3n) is 4.94. The molecule has 0 saturated heterocycles. The van der Waals surface area contributed by atoms with Crippen molar-refractivity contribution in [3.63, 3.8) is 0 Å². The molecule has 3 aromatic heterocycles. The van der Waals surface area contributed by atoms with Crippen LogP contribution in [0.4, 0.5) is 0 Å². The van der Waals surface area contributed by atoms with Gasteiger partial charge in [-0.2, -0.15) is 5.10 Å². The van der Waals surface area contributed by atoms with Gasteiger partial charge in [-0.15, -0.1) is 0 Å². The molecule has 8 heteroatoms. The summed E-state index contributed by atoms with van der Waals surface area (Å²) < 4.78 is 9.61. The number of rotatable bonds is 7. The lowest BCUT2D eigenvalue weighted by Crippen LogP contribution is -2.22. The molecule has 0 aliphatic heterocycles. The highest BCUT2D eigenvalue weighted by Crippen LogP contribution is 2.28. The highest BCUT2D eigenvalue weighted by atomic mass is 28.3. The van der Waals surface area contributed by atoms with E-state index in [1.807, 2.05) is 36.0 Å². The fraction of sp³-hybridized carbons (Fsp3) is 0.333. The molecule has 0 amide bonds. The van der Waals surface area contributed by atoms with Gasteiger partial charge in [-0.25, -0.2) is 9.97 Å². The second-order valence-corrected chi connectivity index (χ2v) is 14.1. The van der Waals surface area contributed by atoms with Gasteiger partial charge >= 0.3 is 0 Å². The zero-order chi connectivity index (χ0) is 20.6. The topological polar surface area (TPSA) is 74.8 Å². The molecule has 0 spiro atoms. The molecule has 0 unspecified atom stereocenters. The number of aldehydes is 1. The van der Waals surface area contributed by atoms with Crippen LogP contribution >= 0.6 is 0 Å². The number of aromatic nitrogens is 5. The maximum Gasteiger partial charge on any atom is 0.160 e. The van der Waals surface area contributed by atoms with Crippen molar-refractivity contribution in [1.29, 1.82) is 0 Å². The summed E-state index contributed by atoms with van der Waals surface area (Å²) >= 11 is 0. The lowest BCUT2D eigenvalue weighted by atomic mass is 10.1. The SMILES string of the molecule is Cn1nc(-c2cnc3c(ccn3COCC[Si](C)(C)C)n2)c2cc(C=O)ccc21. The van der Waals surface area contributed by atoms with E-state index in [2.05, 4.69) is 29.7 Å². The van der Waals surface area contributed by atoms with E-state index in [-0.39, 0.29) is 0 Å². The van der Waals surface area contributed by atoms with Crippen LogP contribution in [0.2, 0.25) is 25.7 Å². The average molecular weight is 408 g/mol. The molecule has 29 heavy (non-hydrogen) atoms. The van der Waals surface area contributed by atoms with Gasteiger partial charge in [-0.1, -0.05) is 19.6 Å². The zero-order valence-corrected chi connectivity index (χ0v) is 18.2. The molecule has 0 N–H and O–H groups in total. The molecule has 0 fully saturated rings. The van der Waals surface area contributed by atoms with E-state index in [1.165, 1.54) is 0 Å². The summed E-state index contributed by atoms with van der Waals surface area (Å²) in [6.07, 6.45) is 4.52. The van der Waals surface area contributed by atoms with Crippen molar-refractivity contribution in [3.8, 4) is 11.4 Å². The number of hydrogen-bond acceptors (Lipinski definition) is 5. The standard InChI is InChI=1S/C21H25N5O2Si/c1-25-19-6-5-15(13-27)11-16(19)20(24-25)18-12-22-21-17(23-18)7-8-26(21)14-28-9-10-29(2,3)4/h5-8,11-13H,9-10,14H2,1-4H3.